The molecule has 0 radical (unpaired) electrons. The largest absolute Gasteiger partial charge is 0.455 e. The second kappa shape index (κ2) is 9.20. The molecule has 0 spiro atoms. The van der Waals surface area contributed by atoms with Crippen LogP contribution in [0.15, 0.2) is 54.6 Å². The van der Waals surface area contributed by atoms with Crippen LogP contribution < -0.4 is 15.8 Å². The van der Waals surface area contributed by atoms with Gasteiger partial charge in [0.05, 0.1) is 16.5 Å². The number of hydrogen-bond donors (Lipinski definition) is 2. The van der Waals surface area contributed by atoms with Crippen LogP contribution in [0.5, 0.6) is 0 Å². The van der Waals surface area contributed by atoms with Crippen LogP contribution in [0.1, 0.15) is 16.8 Å². The minimum atomic E-state index is -0.719. The van der Waals surface area contributed by atoms with Crippen molar-refractivity contribution in [1.29, 1.82) is 0 Å². The van der Waals surface area contributed by atoms with Crippen LogP contribution >= 0.6 is 11.6 Å². The molecule has 29 heavy (non-hydrogen) atoms. The Morgan fingerprint density at radius 2 is 1.72 bits per heavy atom. The zero-order chi connectivity index (χ0) is 20.8. The van der Waals surface area contributed by atoms with E-state index in [1.165, 1.54) is 11.0 Å². The first-order valence-electron chi connectivity index (χ1n) is 8.81. The summed E-state index contributed by atoms with van der Waals surface area (Å²) in [5.74, 6) is -2.81. The number of carbonyl (C=O) groups is 4. The number of nitrogens with zero attached hydrogens (tertiary/aromatic N) is 1. The van der Waals surface area contributed by atoms with Crippen LogP contribution in [0.3, 0.4) is 0 Å². The molecule has 1 fully saturated rings. The van der Waals surface area contributed by atoms with E-state index >= 15 is 0 Å². The summed E-state index contributed by atoms with van der Waals surface area (Å²) in [5, 5.41) is 0.236. The van der Waals surface area contributed by atoms with Crippen LogP contribution in [-0.4, -0.2) is 36.8 Å². The molecule has 0 unspecified atom stereocenters. The number of ether oxygens (including phenoxy) is 1. The molecule has 1 heterocycles. The van der Waals surface area contributed by atoms with Gasteiger partial charge in [-0.1, -0.05) is 41.9 Å². The SMILES string of the molecule is O=C(COC(=O)[C@H]1CC(=O)N(c2ccccc2)C1)NNC(=O)c1ccccc1Cl. The number of hydrogen-bond acceptors (Lipinski definition) is 5. The van der Waals surface area contributed by atoms with Gasteiger partial charge in [-0.25, -0.2) is 0 Å². The van der Waals surface area contributed by atoms with Crippen LogP contribution in [-0.2, 0) is 19.1 Å². The number of rotatable bonds is 5. The fourth-order valence-electron chi connectivity index (χ4n) is 2.85. The first kappa shape index (κ1) is 20.3. The molecule has 1 saturated heterocycles. The number of para-hydroxylation sites is 1. The molecule has 8 nitrogen and oxygen atoms in total. The van der Waals surface area contributed by atoms with Crippen molar-refractivity contribution >= 4 is 41.0 Å². The highest BCUT2D eigenvalue weighted by Gasteiger charge is 2.36. The van der Waals surface area contributed by atoms with Gasteiger partial charge in [0.25, 0.3) is 11.8 Å². The van der Waals surface area contributed by atoms with Crippen molar-refractivity contribution in [3.8, 4) is 0 Å². The third-order valence-corrected chi connectivity index (χ3v) is 4.64. The maximum Gasteiger partial charge on any atom is 0.311 e. The number of amides is 3. The average Bonchev–Trinajstić information content (AvgIpc) is 3.13. The van der Waals surface area contributed by atoms with Gasteiger partial charge >= 0.3 is 5.97 Å². The van der Waals surface area contributed by atoms with E-state index in [2.05, 4.69) is 10.9 Å². The Morgan fingerprint density at radius 1 is 1.03 bits per heavy atom. The maximum absolute atomic E-state index is 12.2. The van der Waals surface area contributed by atoms with E-state index in [0.29, 0.717) is 5.69 Å². The molecule has 150 valence electrons. The summed E-state index contributed by atoms with van der Waals surface area (Å²) in [6, 6.07) is 15.3. The molecule has 0 aromatic heterocycles. The first-order valence-corrected chi connectivity index (χ1v) is 9.19. The summed E-state index contributed by atoms with van der Waals surface area (Å²) in [7, 11) is 0. The summed E-state index contributed by atoms with van der Waals surface area (Å²) in [6.45, 7) is -0.399. The average molecular weight is 416 g/mol. The number of carbonyl (C=O) groups excluding carboxylic acids is 4. The Morgan fingerprint density at radius 3 is 2.45 bits per heavy atom. The number of esters is 1. The Balaban J connectivity index is 1.45. The monoisotopic (exact) mass is 415 g/mol. The number of halogens is 1. The van der Waals surface area contributed by atoms with E-state index in [9.17, 15) is 19.2 Å². The number of benzene rings is 2. The Bertz CT molecular complexity index is 935. The zero-order valence-electron chi connectivity index (χ0n) is 15.3. The van der Waals surface area contributed by atoms with Gasteiger partial charge in [-0.15, -0.1) is 0 Å². The highest BCUT2D eigenvalue weighted by Crippen LogP contribution is 2.25. The van der Waals surface area contributed by atoms with Gasteiger partial charge in [-0.05, 0) is 24.3 Å². The van der Waals surface area contributed by atoms with Crippen molar-refractivity contribution in [3.63, 3.8) is 0 Å². The Hall–Kier alpha value is -3.39. The predicted molar refractivity (Wildman–Crippen MR) is 105 cm³/mol. The summed E-state index contributed by atoms with van der Waals surface area (Å²) >= 11 is 5.90. The highest BCUT2D eigenvalue weighted by atomic mass is 35.5. The van der Waals surface area contributed by atoms with Crippen molar-refractivity contribution in [2.75, 3.05) is 18.1 Å². The molecule has 2 aromatic carbocycles. The summed E-state index contributed by atoms with van der Waals surface area (Å²) in [6.07, 6.45) is 0.0125. The second-order valence-electron chi connectivity index (χ2n) is 6.33. The van der Waals surface area contributed by atoms with Crippen molar-refractivity contribution in [3.05, 3.63) is 65.2 Å². The standard InChI is InChI=1S/C20H18ClN3O5/c21-16-9-5-4-8-15(16)19(27)23-22-17(25)12-29-20(28)13-10-18(26)24(11-13)14-6-2-1-3-7-14/h1-9,13H,10-12H2,(H,22,25)(H,23,27)/t13-/m0/s1. The third-order valence-electron chi connectivity index (χ3n) is 4.31. The topological polar surface area (TPSA) is 105 Å². The van der Waals surface area contributed by atoms with Crippen LogP contribution in [0.25, 0.3) is 0 Å². The smallest absolute Gasteiger partial charge is 0.311 e. The maximum atomic E-state index is 12.2. The van der Waals surface area contributed by atoms with Gasteiger partial charge in [0.1, 0.15) is 0 Å². The molecule has 1 aliphatic rings. The van der Waals surface area contributed by atoms with Crippen molar-refractivity contribution in [2.24, 2.45) is 5.92 Å². The third kappa shape index (κ3) is 5.11. The zero-order valence-corrected chi connectivity index (χ0v) is 16.0. The molecule has 0 saturated carbocycles. The molecule has 1 atom stereocenters. The molecular weight excluding hydrogens is 398 g/mol. The van der Waals surface area contributed by atoms with E-state index in [-0.39, 0.29) is 29.5 Å². The highest BCUT2D eigenvalue weighted by molar-refractivity contribution is 6.33. The molecule has 3 amide bonds. The lowest BCUT2D eigenvalue weighted by Crippen LogP contribution is -2.44. The molecule has 2 N–H and O–H groups in total. The normalized spacial score (nSPS) is 15.7. The molecule has 9 heteroatoms. The second-order valence-corrected chi connectivity index (χ2v) is 6.74. The number of hydrazine groups is 1. The minimum absolute atomic E-state index is 0.0125. The Kier molecular flexibility index (Phi) is 6.46. The van der Waals surface area contributed by atoms with Gasteiger partial charge < -0.3 is 9.64 Å². The first-order chi connectivity index (χ1) is 14.0. The van der Waals surface area contributed by atoms with E-state index in [0.717, 1.165) is 0 Å². The fourth-order valence-corrected chi connectivity index (χ4v) is 3.07. The quantitative estimate of drug-likeness (QED) is 0.571. The lowest BCUT2D eigenvalue weighted by molar-refractivity contribution is -0.152. The molecule has 2 aromatic rings. The molecule has 1 aliphatic heterocycles. The summed E-state index contributed by atoms with van der Waals surface area (Å²) in [4.78, 5) is 49.6. The predicted octanol–water partition coefficient (Wildman–Crippen LogP) is 1.70. The molecule has 0 bridgehead atoms. The lowest BCUT2D eigenvalue weighted by Gasteiger charge is -2.16. The van der Waals surface area contributed by atoms with E-state index < -0.39 is 30.3 Å². The van der Waals surface area contributed by atoms with Gasteiger partial charge in [-0.3, -0.25) is 30.0 Å². The lowest BCUT2D eigenvalue weighted by atomic mass is 10.1. The Labute approximate surface area is 171 Å². The number of anilines is 1. The van der Waals surface area contributed by atoms with Crippen molar-refractivity contribution in [2.45, 2.75) is 6.42 Å². The van der Waals surface area contributed by atoms with E-state index in [1.54, 1.807) is 42.5 Å². The van der Waals surface area contributed by atoms with Crippen LogP contribution in [0, 0.1) is 5.92 Å². The van der Waals surface area contributed by atoms with Gasteiger partial charge in [0, 0.05) is 18.7 Å². The van der Waals surface area contributed by atoms with Crippen molar-refractivity contribution in [1.82, 2.24) is 10.9 Å². The van der Waals surface area contributed by atoms with E-state index in [1.807, 2.05) is 6.07 Å². The summed E-state index contributed by atoms with van der Waals surface area (Å²) < 4.78 is 4.97. The fraction of sp³-hybridized carbons (Fsp3) is 0.200. The molecule has 3 rings (SSSR count). The van der Waals surface area contributed by atoms with Gasteiger partial charge in [-0.2, -0.15) is 0 Å². The minimum Gasteiger partial charge on any atom is -0.455 e. The number of nitrogens with one attached hydrogen (secondary N) is 2. The molecular formula is C20H18ClN3O5. The van der Waals surface area contributed by atoms with Crippen molar-refractivity contribution < 1.29 is 23.9 Å². The van der Waals surface area contributed by atoms with Crippen LogP contribution in [0.2, 0.25) is 5.02 Å². The van der Waals surface area contributed by atoms with E-state index in [4.69, 9.17) is 16.3 Å². The van der Waals surface area contributed by atoms with Gasteiger partial charge in [0.15, 0.2) is 6.61 Å². The summed E-state index contributed by atoms with van der Waals surface area (Å²) in [5.41, 5.74) is 5.23. The molecule has 0 aliphatic carbocycles. The van der Waals surface area contributed by atoms with Gasteiger partial charge in [0.2, 0.25) is 5.91 Å². The van der Waals surface area contributed by atoms with Crippen LogP contribution in [0.4, 0.5) is 5.69 Å².